The first kappa shape index (κ1) is 21.9. The molecule has 2 nitrogen and oxygen atoms in total. The predicted molar refractivity (Wildman–Crippen MR) is 146 cm³/mol. The Bertz CT molecular complexity index is 1280. The van der Waals surface area contributed by atoms with E-state index in [-0.39, 0.29) is 0 Å². The van der Waals surface area contributed by atoms with Gasteiger partial charge in [0.2, 0.25) is 0 Å². The molecule has 0 saturated carbocycles. The minimum absolute atomic E-state index is 0.731. The van der Waals surface area contributed by atoms with Gasteiger partial charge >= 0.3 is 0 Å². The lowest BCUT2D eigenvalue weighted by Gasteiger charge is -2.25. The fourth-order valence-electron chi connectivity index (χ4n) is 5.51. The smallest absolute Gasteiger partial charge is 0.0736 e. The van der Waals surface area contributed by atoms with Gasteiger partial charge in [-0.1, -0.05) is 93.5 Å². The van der Waals surface area contributed by atoms with Gasteiger partial charge in [-0.05, 0) is 12.1 Å². The van der Waals surface area contributed by atoms with E-state index in [1.807, 2.05) is 0 Å². The highest BCUT2D eigenvalue weighted by molar-refractivity contribution is 6.94. The first-order valence-electron chi connectivity index (χ1n) is 11.3. The van der Waals surface area contributed by atoms with Gasteiger partial charge < -0.3 is 9.13 Å². The number of aryl methyl sites for hydroxylation is 2. The molecule has 4 heteroatoms. The van der Waals surface area contributed by atoms with Crippen LogP contribution < -0.4 is 0 Å². The summed E-state index contributed by atoms with van der Waals surface area (Å²) in [4.78, 5) is 0. The highest BCUT2D eigenvalue weighted by atomic mass is 28.4. The summed E-state index contributed by atoms with van der Waals surface area (Å²) in [7, 11) is 2.88. The Morgan fingerprint density at radius 1 is 0.516 bits per heavy atom. The molecule has 5 rings (SSSR count). The van der Waals surface area contributed by atoms with E-state index < -0.39 is 16.1 Å². The van der Waals surface area contributed by atoms with E-state index in [9.17, 15) is 0 Å². The summed E-state index contributed by atoms with van der Waals surface area (Å²) < 4.78 is 4.65. The summed E-state index contributed by atoms with van der Waals surface area (Å²) in [5.74, 6) is 0. The van der Waals surface area contributed by atoms with Crippen molar-refractivity contribution >= 4 is 59.8 Å². The third kappa shape index (κ3) is 4.11. The number of hydrogen-bond donors (Lipinski definition) is 0. The maximum atomic E-state index is 2.46. The van der Waals surface area contributed by atoms with Crippen LogP contribution in [0.1, 0.15) is 0 Å². The summed E-state index contributed by atoms with van der Waals surface area (Å²) in [5.41, 5.74) is 6.78. The molecule has 162 valence electrons. The Labute approximate surface area is 188 Å². The second kappa shape index (κ2) is 7.68. The van der Waals surface area contributed by atoms with Gasteiger partial charge in [0.25, 0.3) is 0 Å². The molecule has 0 radical (unpaired) electrons. The van der Waals surface area contributed by atoms with Crippen molar-refractivity contribution in [2.45, 2.75) is 44.9 Å². The largest absolute Gasteiger partial charge is 0.342 e. The second-order valence-corrected chi connectivity index (χ2v) is 23.0. The molecule has 0 amide bonds. The quantitative estimate of drug-likeness (QED) is 0.243. The van der Waals surface area contributed by atoms with E-state index >= 15 is 0 Å². The monoisotopic (exact) mass is 444 g/mol. The molecule has 3 aromatic carbocycles. The molecule has 0 aliphatic rings. The Kier molecular flexibility index (Phi) is 5.43. The number of aromatic nitrogens is 2. The first-order chi connectivity index (χ1) is 14.5. The molecular formula is C27H36N2Si2. The minimum Gasteiger partial charge on any atom is -0.342 e. The maximum absolute atomic E-state index is 2.46. The number of nitrogens with zero attached hydrogens (tertiary/aromatic N) is 2. The van der Waals surface area contributed by atoms with Crippen molar-refractivity contribution in [3.05, 3.63) is 60.7 Å². The number of benzene rings is 3. The van der Waals surface area contributed by atoms with Gasteiger partial charge in [0, 0.05) is 62.8 Å². The van der Waals surface area contributed by atoms with E-state index in [0.717, 1.165) is 0 Å². The van der Waals surface area contributed by atoms with E-state index in [2.05, 4.69) is 123 Å². The maximum Gasteiger partial charge on any atom is 0.0736 e. The van der Waals surface area contributed by atoms with Crippen molar-refractivity contribution < 1.29 is 0 Å². The Balaban J connectivity index is 0.000000221. The van der Waals surface area contributed by atoms with E-state index in [1.54, 1.807) is 5.67 Å². The highest BCUT2D eigenvalue weighted by Gasteiger charge is 2.23. The molecule has 0 atom stereocenters. The summed E-state index contributed by atoms with van der Waals surface area (Å²) in [6, 6.07) is 21.8. The normalized spacial score (nSPS) is 12.6. The molecular weight excluding hydrogens is 408 g/mol. The SMILES string of the molecule is C[Si](C)(C)C[Si](C)(C)C.Cn1c2ccccc2c2ccc3c4ccccc4n(C)c3c21. The molecule has 0 N–H and O–H groups in total. The number of rotatable bonds is 2. The lowest BCUT2D eigenvalue weighted by Crippen LogP contribution is -2.34. The zero-order valence-electron chi connectivity index (χ0n) is 20.4. The third-order valence-electron chi connectivity index (χ3n) is 5.99. The fourth-order valence-corrected chi connectivity index (χ4v) is 18.2. The van der Waals surface area contributed by atoms with Crippen LogP contribution in [-0.2, 0) is 14.1 Å². The van der Waals surface area contributed by atoms with Crippen molar-refractivity contribution in [1.82, 2.24) is 9.13 Å². The van der Waals surface area contributed by atoms with Crippen molar-refractivity contribution in [3.63, 3.8) is 0 Å². The molecule has 2 aromatic heterocycles. The van der Waals surface area contributed by atoms with Crippen molar-refractivity contribution in [1.29, 1.82) is 0 Å². The van der Waals surface area contributed by atoms with Crippen LogP contribution in [0.15, 0.2) is 60.7 Å². The Hall–Kier alpha value is -2.31. The zero-order valence-corrected chi connectivity index (χ0v) is 22.4. The average molecular weight is 445 g/mol. The Morgan fingerprint density at radius 3 is 1.19 bits per heavy atom. The lowest BCUT2D eigenvalue weighted by atomic mass is 10.1. The van der Waals surface area contributed by atoms with E-state index in [0.29, 0.717) is 0 Å². The lowest BCUT2D eigenvalue weighted by molar-refractivity contribution is 0.986. The van der Waals surface area contributed by atoms with E-state index in [1.165, 1.54) is 43.6 Å². The van der Waals surface area contributed by atoms with E-state index in [4.69, 9.17) is 0 Å². The van der Waals surface area contributed by atoms with Crippen molar-refractivity contribution in [2.75, 3.05) is 0 Å². The van der Waals surface area contributed by atoms with Crippen molar-refractivity contribution in [2.24, 2.45) is 14.1 Å². The summed E-state index contributed by atoms with van der Waals surface area (Å²) in [5, 5.41) is 5.31. The summed E-state index contributed by atoms with van der Waals surface area (Å²) in [6.45, 7) is 14.8. The van der Waals surface area contributed by atoms with Crippen LogP contribution in [0.4, 0.5) is 0 Å². The van der Waals surface area contributed by atoms with Gasteiger partial charge in [-0.25, -0.2) is 0 Å². The van der Waals surface area contributed by atoms with Gasteiger partial charge in [0.05, 0.1) is 11.0 Å². The second-order valence-electron chi connectivity index (χ2n) is 11.3. The van der Waals surface area contributed by atoms with Gasteiger partial charge in [-0.2, -0.15) is 0 Å². The molecule has 0 aliphatic heterocycles. The van der Waals surface area contributed by atoms with Crippen LogP contribution in [0.3, 0.4) is 0 Å². The molecule has 5 aromatic rings. The van der Waals surface area contributed by atoms with Crippen LogP contribution in [-0.4, -0.2) is 25.3 Å². The first-order valence-corrected chi connectivity index (χ1v) is 18.7. The topological polar surface area (TPSA) is 9.86 Å². The minimum atomic E-state index is -0.731. The van der Waals surface area contributed by atoms with Crippen molar-refractivity contribution in [3.8, 4) is 0 Å². The van der Waals surface area contributed by atoms with Gasteiger partial charge in [-0.15, -0.1) is 0 Å². The standard InChI is InChI=1S/C20H16N2.C7H20Si2/c1-21-17-9-5-3-7-13(17)15-11-12-16-14-8-4-6-10-18(14)22(2)20(16)19(15)21;1-8(2,3)7-9(4,5)6/h3-12H,1-2H3;7H2,1-6H3. The third-order valence-corrected chi connectivity index (χ3v) is 14.5. The van der Waals surface area contributed by atoms with Gasteiger partial charge in [0.15, 0.2) is 0 Å². The molecule has 31 heavy (non-hydrogen) atoms. The number of fused-ring (bicyclic) bond motifs is 7. The average Bonchev–Trinajstić information content (AvgIpc) is 3.13. The van der Waals surface area contributed by atoms with Crippen LogP contribution in [0.25, 0.3) is 43.6 Å². The molecule has 0 unspecified atom stereocenters. The zero-order chi connectivity index (χ0) is 22.6. The molecule has 0 saturated heterocycles. The van der Waals surface area contributed by atoms with Gasteiger partial charge in [0.1, 0.15) is 0 Å². The number of para-hydroxylation sites is 2. The molecule has 0 spiro atoms. The molecule has 0 bridgehead atoms. The van der Waals surface area contributed by atoms with Crippen LogP contribution in [0.2, 0.25) is 44.9 Å². The van der Waals surface area contributed by atoms with Crippen LogP contribution in [0.5, 0.6) is 0 Å². The number of hydrogen-bond acceptors (Lipinski definition) is 0. The van der Waals surface area contributed by atoms with Gasteiger partial charge in [-0.3, -0.25) is 0 Å². The molecule has 0 aliphatic carbocycles. The molecule has 2 heterocycles. The summed E-state index contributed by atoms with van der Waals surface area (Å²) in [6.07, 6.45) is 0. The highest BCUT2D eigenvalue weighted by Crippen LogP contribution is 2.37. The van der Waals surface area contributed by atoms with Crippen LogP contribution in [0, 0.1) is 0 Å². The fraction of sp³-hybridized carbons (Fsp3) is 0.333. The Morgan fingerprint density at radius 2 is 0.871 bits per heavy atom. The van der Waals surface area contributed by atoms with Crippen LogP contribution >= 0.6 is 0 Å². The predicted octanol–water partition coefficient (Wildman–Crippen LogP) is 8.18. The molecule has 0 fully saturated rings. The summed E-state index contributed by atoms with van der Waals surface area (Å²) >= 11 is 0.